The number of carbonyl (C=O) groups excluding carboxylic acids is 1. The summed E-state index contributed by atoms with van der Waals surface area (Å²) in [5.41, 5.74) is 5.84. The lowest BCUT2D eigenvalue weighted by atomic mass is 9.83. The van der Waals surface area contributed by atoms with Crippen molar-refractivity contribution >= 4 is 17.7 Å². The predicted molar refractivity (Wildman–Crippen MR) is 73.0 cm³/mol. The molecule has 1 saturated heterocycles. The number of hydrogen-bond donors (Lipinski definition) is 1. The molecule has 17 heavy (non-hydrogen) atoms. The molecule has 98 valence electrons. The van der Waals surface area contributed by atoms with E-state index in [1.54, 1.807) is 0 Å². The molecule has 0 spiro atoms. The molecule has 0 aromatic heterocycles. The third-order valence-corrected chi connectivity index (χ3v) is 5.46. The minimum Gasteiger partial charge on any atom is -0.342 e. The molecule has 1 aliphatic heterocycles. The summed E-state index contributed by atoms with van der Waals surface area (Å²) in [6.45, 7) is 0.724. The highest BCUT2D eigenvalue weighted by atomic mass is 32.2. The van der Waals surface area contributed by atoms with Gasteiger partial charge in [-0.3, -0.25) is 4.79 Å². The standard InChI is InChI=1S/C13H24N2OS/c1-15(13(16)11-6-7-17-9-11)12-5-3-2-4-10(12)8-14/h10-12H,2-9,14H2,1H3. The molecule has 1 saturated carbocycles. The molecule has 2 aliphatic rings. The molecule has 0 aromatic rings. The van der Waals surface area contributed by atoms with Gasteiger partial charge in [-0.15, -0.1) is 0 Å². The van der Waals surface area contributed by atoms with E-state index in [1.807, 2.05) is 23.7 Å². The zero-order valence-corrected chi connectivity index (χ0v) is 11.5. The Kier molecular flexibility index (Phi) is 4.74. The molecule has 0 aromatic carbocycles. The number of rotatable bonds is 3. The van der Waals surface area contributed by atoms with Gasteiger partial charge in [-0.2, -0.15) is 11.8 Å². The third kappa shape index (κ3) is 2.97. The normalized spacial score (nSPS) is 33.6. The third-order valence-electron chi connectivity index (χ3n) is 4.30. The van der Waals surface area contributed by atoms with Crippen LogP contribution in [0.15, 0.2) is 0 Å². The van der Waals surface area contributed by atoms with Crippen LogP contribution in [0.4, 0.5) is 0 Å². The van der Waals surface area contributed by atoms with E-state index in [0.29, 0.717) is 17.9 Å². The summed E-state index contributed by atoms with van der Waals surface area (Å²) in [6, 6.07) is 0.395. The van der Waals surface area contributed by atoms with Gasteiger partial charge in [0.15, 0.2) is 0 Å². The fraction of sp³-hybridized carbons (Fsp3) is 0.923. The Morgan fingerprint density at radius 2 is 2.12 bits per heavy atom. The summed E-state index contributed by atoms with van der Waals surface area (Å²) >= 11 is 1.91. The molecule has 3 nitrogen and oxygen atoms in total. The highest BCUT2D eigenvalue weighted by Crippen LogP contribution is 2.30. The molecule has 2 rings (SSSR count). The van der Waals surface area contributed by atoms with Crippen molar-refractivity contribution in [3.8, 4) is 0 Å². The molecule has 1 heterocycles. The summed E-state index contributed by atoms with van der Waals surface area (Å²) in [7, 11) is 1.99. The fourth-order valence-corrected chi connectivity index (χ4v) is 4.37. The molecule has 3 unspecified atom stereocenters. The second-order valence-corrected chi connectivity index (χ2v) is 6.51. The van der Waals surface area contributed by atoms with Crippen molar-refractivity contribution in [2.24, 2.45) is 17.6 Å². The number of nitrogens with two attached hydrogens (primary N) is 1. The van der Waals surface area contributed by atoms with Gasteiger partial charge in [0.1, 0.15) is 0 Å². The average molecular weight is 256 g/mol. The lowest BCUT2D eigenvalue weighted by Gasteiger charge is -2.38. The zero-order valence-electron chi connectivity index (χ0n) is 10.7. The van der Waals surface area contributed by atoms with E-state index in [4.69, 9.17) is 5.73 Å². The van der Waals surface area contributed by atoms with Crippen molar-refractivity contribution < 1.29 is 4.79 Å². The average Bonchev–Trinajstić information content (AvgIpc) is 2.90. The lowest BCUT2D eigenvalue weighted by molar-refractivity contribution is -0.137. The Morgan fingerprint density at radius 3 is 2.76 bits per heavy atom. The van der Waals surface area contributed by atoms with Gasteiger partial charge in [0.25, 0.3) is 0 Å². The number of nitrogens with zero attached hydrogens (tertiary/aromatic N) is 1. The van der Waals surface area contributed by atoms with Crippen LogP contribution in [-0.4, -0.2) is 41.9 Å². The molecular weight excluding hydrogens is 232 g/mol. The van der Waals surface area contributed by atoms with E-state index in [1.165, 1.54) is 19.3 Å². The Balaban J connectivity index is 1.96. The smallest absolute Gasteiger partial charge is 0.226 e. The molecule has 1 aliphatic carbocycles. The Bertz CT molecular complexity index is 266. The Labute approximate surface area is 108 Å². The van der Waals surface area contributed by atoms with Gasteiger partial charge in [0.2, 0.25) is 5.91 Å². The molecule has 4 heteroatoms. The van der Waals surface area contributed by atoms with Gasteiger partial charge in [-0.1, -0.05) is 12.8 Å². The van der Waals surface area contributed by atoms with E-state index in [-0.39, 0.29) is 5.92 Å². The monoisotopic (exact) mass is 256 g/mol. The van der Waals surface area contributed by atoms with Gasteiger partial charge >= 0.3 is 0 Å². The summed E-state index contributed by atoms with van der Waals surface area (Å²) in [6.07, 6.45) is 5.92. The van der Waals surface area contributed by atoms with Crippen molar-refractivity contribution in [2.75, 3.05) is 25.1 Å². The van der Waals surface area contributed by atoms with Crippen LogP contribution in [0, 0.1) is 11.8 Å². The van der Waals surface area contributed by atoms with Gasteiger partial charge in [-0.25, -0.2) is 0 Å². The Morgan fingerprint density at radius 1 is 1.35 bits per heavy atom. The van der Waals surface area contributed by atoms with Crippen LogP contribution in [0.1, 0.15) is 32.1 Å². The second-order valence-electron chi connectivity index (χ2n) is 5.36. The highest BCUT2D eigenvalue weighted by Gasteiger charge is 2.33. The van der Waals surface area contributed by atoms with Crippen LogP contribution in [-0.2, 0) is 4.79 Å². The first-order valence-electron chi connectivity index (χ1n) is 6.78. The maximum atomic E-state index is 12.4. The predicted octanol–water partition coefficient (Wildman–Crippen LogP) is 1.72. The summed E-state index contributed by atoms with van der Waals surface area (Å²) in [4.78, 5) is 14.4. The Hall–Kier alpha value is -0.220. The van der Waals surface area contributed by atoms with Crippen LogP contribution in [0.3, 0.4) is 0 Å². The number of carbonyl (C=O) groups is 1. The molecule has 2 N–H and O–H groups in total. The molecule has 0 radical (unpaired) electrons. The lowest BCUT2D eigenvalue weighted by Crippen LogP contribution is -2.47. The molecule has 0 bridgehead atoms. The van der Waals surface area contributed by atoms with Gasteiger partial charge in [-0.05, 0) is 37.5 Å². The largest absolute Gasteiger partial charge is 0.342 e. The van der Waals surface area contributed by atoms with Crippen molar-refractivity contribution in [3.05, 3.63) is 0 Å². The minimum atomic E-state index is 0.269. The second kappa shape index (κ2) is 6.10. The van der Waals surface area contributed by atoms with Crippen LogP contribution >= 0.6 is 11.8 Å². The quantitative estimate of drug-likeness (QED) is 0.836. The zero-order chi connectivity index (χ0) is 12.3. The van der Waals surface area contributed by atoms with Crippen molar-refractivity contribution in [1.29, 1.82) is 0 Å². The summed E-state index contributed by atoms with van der Waals surface area (Å²) < 4.78 is 0. The molecule has 1 amide bonds. The van der Waals surface area contributed by atoms with Gasteiger partial charge < -0.3 is 10.6 Å². The van der Waals surface area contributed by atoms with Crippen LogP contribution in [0.2, 0.25) is 0 Å². The first-order chi connectivity index (χ1) is 8.24. The minimum absolute atomic E-state index is 0.269. The van der Waals surface area contributed by atoms with E-state index < -0.39 is 0 Å². The summed E-state index contributed by atoms with van der Waals surface area (Å²) in [5.74, 6) is 3.32. The van der Waals surface area contributed by atoms with E-state index >= 15 is 0 Å². The molecule has 2 fully saturated rings. The van der Waals surface area contributed by atoms with Crippen molar-refractivity contribution in [3.63, 3.8) is 0 Å². The van der Waals surface area contributed by atoms with Gasteiger partial charge in [0.05, 0.1) is 0 Å². The maximum absolute atomic E-state index is 12.4. The van der Waals surface area contributed by atoms with E-state index in [9.17, 15) is 4.79 Å². The van der Waals surface area contributed by atoms with Crippen LogP contribution in [0.5, 0.6) is 0 Å². The van der Waals surface area contributed by atoms with Crippen molar-refractivity contribution in [2.45, 2.75) is 38.1 Å². The maximum Gasteiger partial charge on any atom is 0.226 e. The summed E-state index contributed by atoms with van der Waals surface area (Å²) in [5, 5.41) is 0. The topological polar surface area (TPSA) is 46.3 Å². The van der Waals surface area contributed by atoms with E-state index in [2.05, 4.69) is 0 Å². The van der Waals surface area contributed by atoms with Crippen molar-refractivity contribution in [1.82, 2.24) is 4.90 Å². The highest BCUT2D eigenvalue weighted by molar-refractivity contribution is 7.99. The van der Waals surface area contributed by atoms with Crippen LogP contribution < -0.4 is 5.73 Å². The van der Waals surface area contributed by atoms with Gasteiger partial charge in [0, 0.05) is 24.8 Å². The molecule has 3 atom stereocenters. The first kappa shape index (κ1) is 13.2. The first-order valence-corrected chi connectivity index (χ1v) is 7.94. The SMILES string of the molecule is CN(C(=O)C1CCSC1)C1CCCCC1CN. The number of amides is 1. The molecular formula is C13H24N2OS. The fourth-order valence-electron chi connectivity index (χ4n) is 3.15. The van der Waals surface area contributed by atoms with Crippen LogP contribution in [0.25, 0.3) is 0 Å². The number of thioether (sulfide) groups is 1. The number of hydrogen-bond acceptors (Lipinski definition) is 3. The van der Waals surface area contributed by atoms with E-state index in [0.717, 1.165) is 30.9 Å².